The first-order valence-electron chi connectivity index (χ1n) is 9.03. The highest BCUT2D eigenvalue weighted by molar-refractivity contribution is 7.89. The van der Waals surface area contributed by atoms with E-state index in [2.05, 4.69) is 0 Å². The number of carbonyl (C=O) groups is 2. The van der Waals surface area contributed by atoms with Crippen molar-refractivity contribution >= 4 is 21.8 Å². The van der Waals surface area contributed by atoms with Crippen molar-refractivity contribution < 1.29 is 33.0 Å². The SMILES string of the molecule is Cc1cc(C(=O)COC(=O)c2ccc(O)cc2O)c(C)n1-c1ccc(S(N)(=O)=O)cc1. The molecule has 0 unspecified atom stereocenters. The van der Waals surface area contributed by atoms with Crippen LogP contribution in [0.25, 0.3) is 5.69 Å². The lowest BCUT2D eigenvalue weighted by Gasteiger charge is -2.11. The van der Waals surface area contributed by atoms with Gasteiger partial charge in [0.15, 0.2) is 6.61 Å². The van der Waals surface area contributed by atoms with Crippen LogP contribution in [0.5, 0.6) is 11.5 Å². The summed E-state index contributed by atoms with van der Waals surface area (Å²) in [7, 11) is -3.82. The Morgan fingerprint density at radius 2 is 1.65 bits per heavy atom. The number of ketones is 1. The largest absolute Gasteiger partial charge is 0.508 e. The first kappa shape index (κ1) is 22.1. The lowest BCUT2D eigenvalue weighted by atomic mass is 10.1. The normalized spacial score (nSPS) is 11.3. The fourth-order valence-corrected chi connectivity index (χ4v) is 3.72. The summed E-state index contributed by atoms with van der Waals surface area (Å²) in [5.74, 6) is -2.03. The Balaban J connectivity index is 1.79. The van der Waals surface area contributed by atoms with Crippen molar-refractivity contribution in [2.24, 2.45) is 5.14 Å². The standard InChI is InChI=1S/C21H20N2O7S/c1-12-9-18(13(2)23(12)14-3-6-16(7-4-14)31(22,28)29)20(26)11-30-21(27)17-8-5-15(24)10-19(17)25/h3-10,24-25H,11H2,1-2H3,(H2,22,28,29). The number of ether oxygens (including phenoxy) is 1. The molecule has 0 aliphatic rings. The minimum atomic E-state index is -3.82. The average molecular weight is 444 g/mol. The molecular formula is C21H20N2O7S. The summed E-state index contributed by atoms with van der Waals surface area (Å²) in [6, 6.07) is 10.9. The molecule has 0 spiro atoms. The van der Waals surface area contributed by atoms with Gasteiger partial charge in [0.2, 0.25) is 15.8 Å². The van der Waals surface area contributed by atoms with E-state index >= 15 is 0 Å². The number of aromatic hydroxyl groups is 2. The quantitative estimate of drug-likeness (QED) is 0.390. The molecule has 2 aromatic carbocycles. The Bertz CT molecular complexity index is 1280. The zero-order chi connectivity index (χ0) is 22.9. The molecule has 1 aromatic heterocycles. The molecule has 31 heavy (non-hydrogen) atoms. The summed E-state index contributed by atoms with van der Waals surface area (Å²) in [6.45, 7) is 2.94. The number of rotatable bonds is 6. The van der Waals surface area contributed by atoms with Gasteiger partial charge in [0.1, 0.15) is 17.1 Å². The number of nitrogens with two attached hydrogens (primary N) is 1. The van der Waals surface area contributed by atoms with Crippen molar-refractivity contribution in [3.8, 4) is 17.2 Å². The van der Waals surface area contributed by atoms with Crippen LogP contribution in [0.15, 0.2) is 53.4 Å². The van der Waals surface area contributed by atoms with Crippen LogP contribution in [0, 0.1) is 13.8 Å². The molecular weight excluding hydrogens is 424 g/mol. The van der Waals surface area contributed by atoms with E-state index < -0.39 is 34.1 Å². The molecule has 0 radical (unpaired) electrons. The number of hydrogen-bond acceptors (Lipinski definition) is 7. The lowest BCUT2D eigenvalue weighted by Crippen LogP contribution is -2.15. The zero-order valence-corrected chi connectivity index (χ0v) is 17.5. The number of nitrogens with zero attached hydrogens (tertiary/aromatic N) is 1. The second-order valence-corrected chi connectivity index (χ2v) is 8.42. The molecule has 0 aliphatic heterocycles. The molecule has 0 saturated carbocycles. The van der Waals surface area contributed by atoms with Crippen LogP contribution in [0.3, 0.4) is 0 Å². The smallest absolute Gasteiger partial charge is 0.342 e. The summed E-state index contributed by atoms with van der Waals surface area (Å²) < 4.78 is 29.6. The van der Waals surface area contributed by atoms with Gasteiger partial charge in [-0.1, -0.05) is 0 Å². The van der Waals surface area contributed by atoms with Crippen LogP contribution in [0.1, 0.15) is 32.1 Å². The van der Waals surface area contributed by atoms with Gasteiger partial charge < -0.3 is 19.5 Å². The van der Waals surface area contributed by atoms with E-state index in [9.17, 15) is 28.2 Å². The Labute approximate surface area is 178 Å². The maximum atomic E-state index is 12.6. The van der Waals surface area contributed by atoms with Crippen molar-refractivity contribution in [3.05, 3.63) is 71.0 Å². The first-order chi connectivity index (χ1) is 14.5. The highest BCUT2D eigenvalue weighted by Crippen LogP contribution is 2.24. The minimum Gasteiger partial charge on any atom is -0.508 e. The fraction of sp³-hybridized carbons (Fsp3) is 0.143. The maximum Gasteiger partial charge on any atom is 0.342 e. The van der Waals surface area contributed by atoms with E-state index in [1.165, 1.54) is 24.3 Å². The lowest BCUT2D eigenvalue weighted by molar-refractivity contribution is 0.0471. The molecule has 0 amide bonds. The number of primary sulfonamides is 1. The van der Waals surface area contributed by atoms with Crippen molar-refractivity contribution in [2.45, 2.75) is 18.7 Å². The van der Waals surface area contributed by atoms with Gasteiger partial charge in [-0.15, -0.1) is 0 Å². The third-order valence-corrected chi connectivity index (χ3v) is 5.62. The molecule has 1 heterocycles. The number of phenolic OH excluding ortho intramolecular Hbond substituents is 2. The predicted molar refractivity (Wildman–Crippen MR) is 111 cm³/mol. The van der Waals surface area contributed by atoms with Crippen molar-refractivity contribution in [1.82, 2.24) is 4.57 Å². The van der Waals surface area contributed by atoms with Crippen LogP contribution in [-0.2, 0) is 14.8 Å². The summed E-state index contributed by atoms with van der Waals surface area (Å²) in [6.07, 6.45) is 0. The molecule has 9 nitrogen and oxygen atoms in total. The van der Waals surface area contributed by atoms with Crippen LogP contribution in [-0.4, -0.2) is 41.6 Å². The number of sulfonamides is 1. The number of hydrogen-bond donors (Lipinski definition) is 3. The predicted octanol–water partition coefficient (Wildman–Crippen LogP) is 2.19. The third-order valence-electron chi connectivity index (χ3n) is 4.69. The topological polar surface area (TPSA) is 149 Å². The van der Waals surface area contributed by atoms with Gasteiger partial charge in [-0.25, -0.2) is 18.4 Å². The van der Waals surface area contributed by atoms with Gasteiger partial charge in [0.25, 0.3) is 0 Å². The minimum absolute atomic E-state index is 0.0283. The summed E-state index contributed by atoms with van der Waals surface area (Å²) >= 11 is 0. The van der Waals surface area contributed by atoms with Crippen molar-refractivity contribution in [1.29, 1.82) is 0 Å². The number of Topliss-reactive ketones (excluding diaryl/α,β-unsaturated/α-hetero) is 1. The molecule has 10 heteroatoms. The molecule has 0 fully saturated rings. The second kappa shape index (κ2) is 8.25. The maximum absolute atomic E-state index is 12.6. The third kappa shape index (κ3) is 4.60. The Hall–Kier alpha value is -3.63. The number of carbonyl (C=O) groups excluding carboxylic acids is 2. The zero-order valence-electron chi connectivity index (χ0n) is 16.7. The van der Waals surface area contributed by atoms with E-state index in [-0.39, 0.29) is 16.2 Å². The van der Waals surface area contributed by atoms with Gasteiger partial charge in [-0.3, -0.25) is 4.79 Å². The fourth-order valence-electron chi connectivity index (χ4n) is 3.21. The highest BCUT2D eigenvalue weighted by Gasteiger charge is 2.20. The van der Waals surface area contributed by atoms with E-state index in [4.69, 9.17) is 9.88 Å². The molecule has 0 bridgehead atoms. The van der Waals surface area contributed by atoms with Crippen LogP contribution in [0.4, 0.5) is 0 Å². The van der Waals surface area contributed by atoms with Crippen LogP contribution in [0.2, 0.25) is 0 Å². The van der Waals surface area contributed by atoms with Crippen LogP contribution >= 0.6 is 0 Å². The van der Waals surface area contributed by atoms with Crippen molar-refractivity contribution in [2.75, 3.05) is 6.61 Å². The Morgan fingerprint density at radius 1 is 1.00 bits per heavy atom. The van der Waals surface area contributed by atoms with E-state index in [0.717, 1.165) is 6.07 Å². The first-order valence-corrected chi connectivity index (χ1v) is 10.6. The van der Waals surface area contributed by atoms with Gasteiger partial charge in [-0.2, -0.15) is 0 Å². The molecule has 4 N–H and O–H groups in total. The molecule has 0 saturated heterocycles. The number of phenols is 2. The Morgan fingerprint density at radius 3 is 2.23 bits per heavy atom. The summed E-state index contributed by atoms with van der Waals surface area (Å²) in [4.78, 5) is 24.7. The van der Waals surface area contributed by atoms with Gasteiger partial charge in [0, 0.05) is 28.7 Å². The summed E-state index contributed by atoms with van der Waals surface area (Å²) in [5, 5.41) is 24.1. The van der Waals surface area contributed by atoms with E-state index in [1.807, 2.05) is 0 Å². The molecule has 0 aliphatic carbocycles. The monoisotopic (exact) mass is 444 g/mol. The number of aryl methyl sites for hydroxylation is 1. The van der Waals surface area contributed by atoms with Crippen molar-refractivity contribution in [3.63, 3.8) is 0 Å². The molecule has 0 atom stereocenters. The Kier molecular flexibility index (Phi) is 5.87. The summed E-state index contributed by atoms with van der Waals surface area (Å²) in [5.41, 5.74) is 2.08. The molecule has 3 rings (SSSR count). The number of esters is 1. The molecule has 162 valence electrons. The van der Waals surface area contributed by atoms with Gasteiger partial charge in [-0.05, 0) is 56.3 Å². The molecule has 3 aromatic rings. The van der Waals surface area contributed by atoms with E-state index in [1.54, 1.807) is 36.6 Å². The number of benzene rings is 2. The highest BCUT2D eigenvalue weighted by atomic mass is 32.2. The van der Waals surface area contributed by atoms with E-state index in [0.29, 0.717) is 22.6 Å². The van der Waals surface area contributed by atoms with Crippen LogP contribution < -0.4 is 5.14 Å². The average Bonchev–Trinajstić information content (AvgIpc) is 2.99. The number of aromatic nitrogens is 1. The second-order valence-electron chi connectivity index (χ2n) is 6.86. The van der Waals surface area contributed by atoms with Gasteiger partial charge in [0.05, 0.1) is 4.90 Å². The van der Waals surface area contributed by atoms with Gasteiger partial charge >= 0.3 is 5.97 Å².